The maximum absolute atomic E-state index is 4.04. The fourth-order valence-electron chi connectivity index (χ4n) is 1.03. The Morgan fingerprint density at radius 1 is 0.941 bits per heavy atom. The Bertz CT molecular complexity index is 613. The summed E-state index contributed by atoms with van der Waals surface area (Å²) in [6.45, 7) is 0. The van der Waals surface area contributed by atoms with Crippen molar-refractivity contribution in [3.05, 3.63) is 0 Å². The van der Waals surface area contributed by atoms with Gasteiger partial charge >= 0.3 is 0 Å². The summed E-state index contributed by atoms with van der Waals surface area (Å²) in [7, 11) is 0. The van der Waals surface area contributed by atoms with Gasteiger partial charge in [0.2, 0.25) is 5.82 Å². The molecule has 0 unspecified atom stereocenters. The lowest BCUT2D eigenvalue weighted by atomic mass is 10.7. The molecule has 0 fully saturated rings. The molecule has 0 atom stereocenters. The van der Waals surface area contributed by atoms with Gasteiger partial charge < -0.3 is 0 Å². The smallest absolute Gasteiger partial charge is 0.177 e. The highest BCUT2D eigenvalue weighted by Crippen LogP contribution is 2.31. The number of hydrogen-bond donors (Lipinski definition) is 1. The zero-order valence-corrected chi connectivity index (χ0v) is 10.8. The van der Waals surface area contributed by atoms with E-state index in [1.54, 1.807) is 11.8 Å². The number of hydrogen-bond acceptors (Lipinski definition) is 10. The second kappa shape index (κ2) is 4.43. The summed E-state index contributed by atoms with van der Waals surface area (Å²) in [4.78, 5) is 0. The molecule has 86 valence electrons. The van der Waals surface area contributed by atoms with E-state index in [9.17, 15) is 0 Å². The van der Waals surface area contributed by atoms with Crippen LogP contribution in [0, 0.1) is 0 Å². The monoisotopic (exact) mass is 284 g/mol. The molecule has 3 aromatic heterocycles. The van der Waals surface area contributed by atoms with Gasteiger partial charge in [0.05, 0.1) is 0 Å². The molecule has 11 heteroatoms. The minimum Gasteiger partial charge on any atom is -0.177 e. The van der Waals surface area contributed by atoms with Crippen LogP contribution in [0.3, 0.4) is 0 Å². The molecule has 1 N–H and O–H groups in total. The zero-order chi connectivity index (χ0) is 11.7. The van der Waals surface area contributed by atoms with Crippen LogP contribution in [0.5, 0.6) is 0 Å². The van der Waals surface area contributed by atoms with Crippen molar-refractivity contribution in [1.82, 2.24) is 41.0 Å². The van der Waals surface area contributed by atoms with Crippen LogP contribution in [0.15, 0.2) is 4.34 Å². The van der Waals surface area contributed by atoms with E-state index in [1.807, 2.05) is 6.26 Å². The molecule has 0 aliphatic carbocycles. The van der Waals surface area contributed by atoms with Gasteiger partial charge in [0.1, 0.15) is 0 Å². The summed E-state index contributed by atoms with van der Waals surface area (Å²) in [6, 6.07) is 0. The van der Waals surface area contributed by atoms with Gasteiger partial charge in [0, 0.05) is 0 Å². The molecule has 0 amide bonds. The van der Waals surface area contributed by atoms with Crippen molar-refractivity contribution >= 4 is 34.4 Å². The highest BCUT2D eigenvalue weighted by molar-refractivity contribution is 8.00. The van der Waals surface area contributed by atoms with Gasteiger partial charge in [-0.25, -0.2) is 0 Å². The molecule has 17 heavy (non-hydrogen) atoms. The molecule has 3 rings (SSSR count). The van der Waals surface area contributed by atoms with Crippen LogP contribution in [0.4, 0.5) is 0 Å². The Hall–Kier alpha value is -1.46. The summed E-state index contributed by atoms with van der Waals surface area (Å²) in [5.74, 6) is 0.434. The van der Waals surface area contributed by atoms with Crippen molar-refractivity contribution < 1.29 is 0 Å². The SMILES string of the molecule is CSc1nnc(-c2nnc(-c3nn[nH]n3)s2)s1. The Morgan fingerprint density at radius 2 is 1.71 bits per heavy atom. The highest BCUT2D eigenvalue weighted by atomic mass is 32.2. The minimum absolute atomic E-state index is 0.434. The van der Waals surface area contributed by atoms with Crippen LogP contribution in [0.25, 0.3) is 20.8 Å². The minimum atomic E-state index is 0.434. The number of nitrogens with zero attached hydrogens (tertiary/aromatic N) is 7. The number of thioether (sulfide) groups is 1. The molecule has 0 aliphatic heterocycles. The van der Waals surface area contributed by atoms with E-state index in [0.717, 1.165) is 9.35 Å². The average molecular weight is 284 g/mol. The normalized spacial score (nSPS) is 10.9. The number of aromatic amines is 1. The van der Waals surface area contributed by atoms with Gasteiger partial charge in [0.15, 0.2) is 19.4 Å². The van der Waals surface area contributed by atoms with Crippen LogP contribution in [-0.4, -0.2) is 47.3 Å². The van der Waals surface area contributed by atoms with E-state index in [4.69, 9.17) is 0 Å². The van der Waals surface area contributed by atoms with Crippen molar-refractivity contribution in [1.29, 1.82) is 0 Å². The number of nitrogens with one attached hydrogen (secondary N) is 1. The fourth-order valence-corrected chi connectivity index (χ4v) is 3.08. The second-order valence-electron chi connectivity index (χ2n) is 2.73. The van der Waals surface area contributed by atoms with Gasteiger partial charge in [0.25, 0.3) is 0 Å². The van der Waals surface area contributed by atoms with E-state index >= 15 is 0 Å². The molecule has 0 spiro atoms. The maximum Gasteiger partial charge on any atom is 0.235 e. The van der Waals surface area contributed by atoms with E-state index in [1.165, 1.54) is 22.7 Å². The molecular weight excluding hydrogens is 280 g/mol. The first kappa shape index (κ1) is 10.7. The Labute approximate surface area is 107 Å². The average Bonchev–Trinajstić information content (AvgIpc) is 3.09. The quantitative estimate of drug-likeness (QED) is 0.709. The third-order valence-electron chi connectivity index (χ3n) is 1.73. The first-order chi connectivity index (χ1) is 8.36. The van der Waals surface area contributed by atoms with Gasteiger partial charge in [-0.15, -0.1) is 30.6 Å². The summed E-state index contributed by atoms with van der Waals surface area (Å²) >= 11 is 4.39. The van der Waals surface area contributed by atoms with Gasteiger partial charge in [-0.2, -0.15) is 5.21 Å². The van der Waals surface area contributed by atoms with E-state index in [0.29, 0.717) is 15.8 Å². The van der Waals surface area contributed by atoms with Crippen LogP contribution in [-0.2, 0) is 0 Å². The molecule has 3 heterocycles. The fraction of sp³-hybridized carbons (Fsp3) is 0.167. The number of rotatable bonds is 3. The Balaban J connectivity index is 1.94. The van der Waals surface area contributed by atoms with Gasteiger partial charge in [-0.05, 0) is 11.5 Å². The van der Waals surface area contributed by atoms with Crippen molar-refractivity contribution in [2.45, 2.75) is 4.34 Å². The Morgan fingerprint density at radius 3 is 2.41 bits per heavy atom. The van der Waals surface area contributed by atoms with Crippen molar-refractivity contribution in [2.75, 3.05) is 6.26 Å². The number of H-pyrrole nitrogens is 1. The molecular formula is C6H4N8S3. The standard InChI is InChI=1S/C6H4N8S3/c1-15-6-12-11-5(17-6)4-10-9-3(16-4)2-7-13-14-8-2/h1H3,(H,7,8,13,14). The van der Waals surface area contributed by atoms with E-state index in [-0.39, 0.29) is 0 Å². The summed E-state index contributed by atoms with van der Waals surface area (Å²) < 4.78 is 0.899. The molecule has 0 bridgehead atoms. The van der Waals surface area contributed by atoms with Crippen molar-refractivity contribution in [2.24, 2.45) is 0 Å². The summed E-state index contributed by atoms with van der Waals surface area (Å²) in [6.07, 6.45) is 1.95. The molecule has 0 aliphatic rings. The predicted molar refractivity (Wildman–Crippen MR) is 63.8 cm³/mol. The molecule has 0 saturated heterocycles. The molecule has 3 aromatic rings. The lowest BCUT2D eigenvalue weighted by Gasteiger charge is -1.81. The number of aromatic nitrogens is 8. The predicted octanol–water partition coefficient (Wildman–Crippen LogP) is 0.959. The maximum atomic E-state index is 4.04. The van der Waals surface area contributed by atoms with E-state index in [2.05, 4.69) is 41.0 Å². The van der Waals surface area contributed by atoms with E-state index < -0.39 is 0 Å². The largest absolute Gasteiger partial charge is 0.235 e. The van der Waals surface area contributed by atoms with Crippen LogP contribution in [0.2, 0.25) is 0 Å². The van der Waals surface area contributed by atoms with Crippen LogP contribution >= 0.6 is 34.4 Å². The zero-order valence-electron chi connectivity index (χ0n) is 8.36. The first-order valence-electron chi connectivity index (χ1n) is 4.32. The third-order valence-corrected chi connectivity index (χ3v) is 4.69. The molecule has 8 nitrogen and oxygen atoms in total. The molecule has 0 saturated carbocycles. The Kier molecular flexibility index (Phi) is 2.78. The third kappa shape index (κ3) is 2.03. The van der Waals surface area contributed by atoms with Gasteiger partial charge in [-0.3, -0.25) is 0 Å². The number of tetrazole rings is 1. The lowest BCUT2D eigenvalue weighted by Crippen LogP contribution is -1.79. The second-order valence-corrected chi connectivity index (χ2v) is 5.73. The van der Waals surface area contributed by atoms with Crippen molar-refractivity contribution in [3.63, 3.8) is 0 Å². The lowest BCUT2D eigenvalue weighted by molar-refractivity contribution is 0.881. The van der Waals surface area contributed by atoms with Crippen molar-refractivity contribution in [3.8, 4) is 20.8 Å². The highest BCUT2D eigenvalue weighted by Gasteiger charge is 2.15. The van der Waals surface area contributed by atoms with Crippen LogP contribution < -0.4 is 0 Å². The van der Waals surface area contributed by atoms with Gasteiger partial charge in [-0.1, -0.05) is 34.4 Å². The van der Waals surface area contributed by atoms with Crippen LogP contribution in [0.1, 0.15) is 0 Å². The summed E-state index contributed by atoms with van der Waals surface area (Å²) in [5, 5.41) is 31.7. The first-order valence-corrected chi connectivity index (χ1v) is 7.18. The molecule has 0 aromatic carbocycles. The summed E-state index contributed by atoms with van der Waals surface area (Å²) in [5.41, 5.74) is 0. The topological polar surface area (TPSA) is 106 Å². The molecule has 0 radical (unpaired) electrons.